The summed E-state index contributed by atoms with van der Waals surface area (Å²) in [4.78, 5) is 9.89. The number of halogens is 2. The number of nitrogens with one attached hydrogen (secondary N) is 1. The van der Waals surface area contributed by atoms with Gasteiger partial charge in [-0.1, -0.05) is 0 Å². The molecular formula is C22H21F2N5OS. The van der Waals surface area contributed by atoms with Crippen LogP contribution in [0.2, 0.25) is 0 Å². The molecule has 9 heteroatoms. The number of thioether (sulfide) groups is 1. The van der Waals surface area contributed by atoms with Gasteiger partial charge in [0.25, 0.3) is 0 Å². The average Bonchev–Trinajstić information content (AvgIpc) is 3.22. The van der Waals surface area contributed by atoms with Gasteiger partial charge >= 0.3 is 0 Å². The number of rotatable bonds is 8. The zero-order valence-electron chi connectivity index (χ0n) is 16.8. The first-order chi connectivity index (χ1) is 15.1. The van der Waals surface area contributed by atoms with Crippen LogP contribution < -0.4 is 15.8 Å². The minimum atomic E-state index is -1.04. The molecule has 0 saturated carbocycles. The molecule has 0 radical (unpaired) electrons. The molecule has 0 aliphatic carbocycles. The van der Waals surface area contributed by atoms with Crippen molar-refractivity contribution < 1.29 is 13.5 Å². The number of imidazole rings is 1. The van der Waals surface area contributed by atoms with Crippen LogP contribution in [-0.4, -0.2) is 33.8 Å². The van der Waals surface area contributed by atoms with Crippen LogP contribution in [-0.2, 0) is 0 Å². The fourth-order valence-corrected chi connectivity index (χ4v) is 4.01. The zero-order valence-corrected chi connectivity index (χ0v) is 17.6. The van der Waals surface area contributed by atoms with Gasteiger partial charge < -0.3 is 15.8 Å². The lowest BCUT2D eigenvalue weighted by Crippen LogP contribution is -2.00. The summed E-state index contributed by atoms with van der Waals surface area (Å²) in [5.74, 6) is -0.693. The first-order valence-electron chi connectivity index (χ1n) is 9.66. The summed E-state index contributed by atoms with van der Waals surface area (Å²) < 4.78 is 35.3. The number of hydrogen-bond donors (Lipinski definition) is 2. The molecular weight excluding hydrogens is 420 g/mol. The van der Waals surface area contributed by atoms with Crippen LogP contribution >= 0.6 is 11.8 Å². The summed E-state index contributed by atoms with van der Waals surface area (Å²) in [7, 11) is 1.29. The van der Waals surface area contributed by atoms with Crippen LogP contribution in [0.15, 0.2) is 59.9 Å². The van der Waals surface area contributed by atoms with E-state index in [4.69, 9.17) is 10.5 Å². The Morgan fingerprint density at radius 3 is 2.65 bits per heavy atom. The van der Waals surface area contributed by atoms with E-state index in [1.807, 2.05) is 24.3 Å². The Hall–Kier alpha value is -3.17. The molecule has 0 aliphatic heterocycles. The van der Waals surface area contributed by atoms with Gasteiger partial charge in [-0.05, 0) is 55.1 Å². The number of nitrogens with two attached hydrogens (primary N) is 1. The molecule has 0 bridgehead atoms. The fraction of sp³-hybridized carbons (Fsp3) is 0.182. The van der Waals surface area contributed by atoms with Crippen molar-refractivity contribution in [3.8, 4) is 17.0 Å². The van der Waals surface area contributed by atoms with Crippen molar-refractivity contribution >= 4 is 28.9 Å². The molecule has 0 atom stereocenters. The van der Waals surface area contributed by atoms with Crippen molar-refractivity contribution in [1.82, 2.24) is 14.4 Å². The van der Waals surface area contributed by atoms with Crippen molar-refractivity contribution in [3.63, 3.8) is 0 Å². The van der Waals surface area contributed by atoms with Gasteiger partial charge in [-0.25, -0.2) is 14.4 Å². The van der Waals surface area contributed by atoms with Crippen LogP contribution in [0.1, 0.15) is 6.42 Å². The molecule has 2 aromatic carbocycles. The molecule has 3 N–H and O–H groups in total. The molecule has 0 spiro atoms. The third-order valence-electron chi connectivity index (χ3n) is 4.71. The number of hydrogen-bond acceptors (Lipinski definition) is 6. The second-order valence-corrected chi connectivity index (χ2v) is 7.86. The molecule has 4 rings (SSSR count). The molecule has 0 fully saturated rings. The summed E-state index contributed by atoms with van der Waals surface area (Å²) in [6.45, 7) is 0.682. The lowest BCUT2D eigenvalue weighted by atomic mass is 10.1. The van der Waals surface area contributed by atoms with E-state index in [9.17, 15) is 8.78 Å². The van der Waals surface area contributed by atoms with Gasteiger partial charge in [-0.2, -0.15) is 4.39 Å². The van der Waals surface area contributed by atoms with Crippen LogP contribution in [0.25, 0.3) is 16.9 Å². The van der Waals surface area contributed by atoms with E-state index in [1.165, 1.54) is 25.4 Å². The first-order valence-corrected chi connectivity index (χ1v) is 10.7. The SMILES string of the molecule is COc1ccc(-c2cnc3c(Nc4ccc(SCCCN)cc4)nccn23)c(F)c1F. The van der Waals surface area contributed by atoms with E-state index in [0.29, 0.717) is 23.7 Å². The Labute approximate surface area is 182 Å². The maximum atomic E-state index is 14.6. The number of aromatic nitrogens is 3. The molecule has 2 aromatic heterocycles. The number of methoxy groups -OCH3 is 1. The third-order valence-corrected chi connectivity index (χ3v) is 5.80. The van der Waals surface area contributed by atoms with Crippen molar-refractivity contribution in [2.45, 2.75) is 11.3 Å². The highest BCUT2D eigenvalue weighted by atomic mass is 32.2. The summed E-state index contributed by atoms with van der Waals surface area (Å²) in [5.41, 5.74) is 7.36. The molecule has 160 valence electrons. The highest BCUT2D eigenvalue weighted by Gasteiger charge is 2.19. The number of nitrogens with zero attached hydrogens (tertiary/aromatic N) is 3. The Bertz CT molecular complexity index is 1200. The van der Waals surface area contributed by atoms with E-state index in [1.54, 1.807) is 28.6 Å². The zero-order chi connectivity index (χ0) is 21.8. The second-order valence-electron chi connectivity index (χ2n) is 6.70. The summed E-state index contributed by atoms with van der Waals surface area (Å²) in [6, 6.07) is 10.8. The first kappa shape index (κ1) is 21.1. The van der Waals surface area contributed by atoms with Crippen molar-refractivity contribution in [3.05, 3.63) is 66.6 Å². The van der Waals surface area contributed by atoms with Gasteiger partial charge in [-0.15, -0.1) is 11.8 Å². The molecule has 0 aliphatic rings. The van der Waals surface area contributed by atoms with Crippen LogP contribution in [0.4, 0.5) is 20.3 Å². The van der Waals surface area contributed by atoms with Gasteiger partial charge in [0.15, 0.2) is 23.0 Å². The summed E-state index contributed by atoms with van der Waals surface area (Å²) in [6.07, 6.45) is 5.69. The largest absolute Gasteiger partial charge is 0.494 e. The van der Waals surface area contributed by atoms with Gasteiger partial charge in [-0.3, -0.25) is 4.40 Å². The highest BCUT2D eigenvalue weighted by molar-refractivity contribution is 7.99. The molecule has 0 amide bonds. The molecule has 2 heterocycles. The van der Waals surface area contributed by atoms with Crippen molar-refractivity contribution in [2.75, 3.05) is 24.7 Å². The maximum Gasteiger partial charge on any atom is 0.201 e. The standard InChI is InChI=1S/C22H21F2N5OS/c1-30-18-8-7-16(19(23)20(18)24)17-13-27-22-21(26-10-11-29(17)22)28-14-3-5-15(6-4-14)31-12-2-9-25/h3-8,10-11,13H,2,9,12,25H2,1H3,(H,26,28). The molecule has 6 nitrogen and oxygen atoms in total. The van der Waals surface area contributed by atoms with E-state index >= 15 is 0 Å². The van der Waals surface area contributed by atoms with E-state index < -0.39 is 11.6 Å². The predicted molar refractivity (Wildman–Crippen MR) is 119 cm³/mol. The molecule has 31 heavy (non-hydrogen) atoms. The Morgan fingerprint density at radius 2 is 1.90 bits per heavy atom. The monoisotopic (exact) mass is 441 g/mol. The smallest absolute Gasteiger partial charge is 0.201 e. The van der Waals surface area contributed by atoms with Crippen LogP contribution in [0, 0.1) is 11.6 Å². The topological polar surface area (TPSA) is 77.5 Å². The quantitative estimate of drug-likeness (QED) is 0.300. The van der Waals surface area contributed by atoms with Crippen molar-refractivity contribution in [1.29, 1.82) is 0 Å². The van der Waals surface area contributed by atoms with Crippen molar-refractivity contribution in [2.24, 2.45) is 5.73 Å². The Kier molecular flexibility index (Phi) is 6.34. The average molecular weight is 442 g/mol. The van der Waals surface area contributed by atoms with Gasteiger partial charge in [0.05, 0.1) is 19.0 Å². The minimum Gasteiger partial charge on any atom is -0.494 e. The van der Waals surface area contributed by atoms with E-state index in [2.05, 4.69) is 15.3 Å². The maximum absolute atomic E-state index is 14.6. The van der Waals surface area contributed by atoms with Crippen LogP contribution in [0.5, 0.6) is 5.75 Å². The third kappa shape index (κ3) is 4.33. The summed E-state index contributed by atoms with van der Waals surface area (Å²) in [5, 5.41) is 3.24. The van der Waals surface area contributed by atoms with E-state index in [0.717, 1.165) is 22.8 Å². The lowest BCUT2D eigenvalue weighted by molar-refractivity contribution is 0.372. The molecule has 0 saturated heterocycles. The second kappa shape index (κ2) is 9.32. The van der Waals surface area contributed by atoms with Crippen LogP contribution in [0.3, 0.4) is 0 Å². The van der Waals surface area contributed by atoms with Gasteiger partial charge in [0.2, 0.25) is 5.82 Å². The Morgan fingerprint density at radius 1 is 1.10 bits per heavy atom. The summed E-state index contributed by atoms with van der Waals surface area (Å²) >= 11 is 1.75. The van der Waals surface area contributed by atoms with Gasteiger partial charge in [0, 0.05) is 28.5 Å². The molecule has 0 unspecified atom stereocenters. The predicted octanol–water partition coefficient (Wildman–Crippen LogP) is 4.87. The minimum absolute atomic E-state index is 0.0850. The van der Waals surface area contributed by atoms with E-state index in [-0.39, 0.29) is 11.3 Å². The number of anilines is 2. The number of ether oxygens (including phenoxy) is 1. The number of fused-ring (bicyclic) bond motifs is 1. The highest BCUT2D eigenvalue weighted by Crippen LogP contribution is 2.31. The normalized spacial score (nSPS) is 11.1. The lowest BCUT2D eigenvalue weighted by Gasteiger charge is -2.10. The number of benzene rings is 2. The Balaban J connectivity index is 1.62. The fourth-order valence-electron chi connectivity index (χ4n) is 3.14. The van der Waals surface area contributed by atoms with Gasteiger partial charge in [0.1, 0.15) is 0 Å². The molecule has 4 aromatic rings.